The number of hydrogen-bond acceptors (Lipinski definition) is 4. The fraction of sp³-hybridized carbons (Fsp3) is 0.250. The Morgan fingerprint density at radius 3 is 2.00 bits per heavy atom. The van der Waals surface area contributed by atoms with Crippen LogP contribution in [0.3, 0.4) is 0 Å². The van der Waals surface area contributed by atoms with Crippen LogP contribution >= 0.6 is 0 Å². The largest absolute Gasteiger partial charge is 0.484 e. The lowest BCUT2D eigenvalue weighted by Crippen LogP contribution is -2.22. The number of hydrogen-bond donors (Lipinski definition) is 1. The Kier molecular flexibility index (Phi) is 6.69. The van der Waals surface area contributed by atoms with E-state index in [1.165, 1.54) is 0 Å². The van der Waals surface area contributed by atoms with Gasteiger partial charge in [-0.3, -0.25) is 4.72 Å². The van der Waals surface area contributed by atoms with Gasteiger partial charge in [-0.2, -0.15) is 26.3 Å². The predicted octanol–water partition coefficient (Wildman–Crippen LogP) is 4.65. The summed E-state index contributed by atoms with van der Waals surface area (Å²) in [4.78, 5) is -1.06. The summed E-state index contributed by atoms with van der Waals surface area (Å²) in [5.74, 6) is -3.93. The average Bonchev–Trinajstić information content (AvgIpc) is 2.59. The molecule has 2 aromatic carbocycles. The van der Waals surface area contributed by atoms with E-state index in [2.05, 4.69) is 9.47 Å². The minimum Gasteiger partial charge on any atom is -0.484 e. The van der Waals surface area contributed by atoms with E-state index in [1.54, 1.807) is 4.72 Å². The molecule has 0 aliphatic rings. The van der Waals surface area contributed by atoms with Gasteiger partial charge in [0.25, 0.3) is 10.0 Å². The highest BCUT2D eigenvalue weighted by molar-refractivity contribution is 7.92. The van der Waals surface area contributed by atoms with E-state index in [0.29, 0.717) is 30.3 Å². The lowest BCUT2D eigenvalue weighted by molar-refractivity contribution is -0.154. The van der Waals surface area contributed by atoms with Crippen molar-refractivity contribution >= 4 is 15.7 Å². The van der Waals surface area contributed by atoms with Gasteiger partial charge < -0.3 is 9.47 Å². The highest BCUT2D eigenvalue weighted by atomic mass is 32.2. The van der Waals surface area contributed by atoms with Crippen LogP contribution < -0.4 is 14.2 Å². The fourth-order valence-corrected chi connectivity index (χ4v) is 3.23. The van der Waals surface area contributed by atoms with Crippen LogP contribution in [0.4, 0.5) is 40.8 Å². The van der Waals surface area contributed by atoms with E-state index in [1.807, 2.05) is 0 Å². The molecule has 0 heterocycles. The van der Waals surface area contributed by atoms with Gasteiger partial charge in [-0.15, -0.1) is 0 Å². The summed E-state index contributed by atoms with van der Waals surface area (Å²) in [5.41, 5.74) is -0.764. The number of alkyl halides is 6. The summed E-state index contributed by atoms with van der Waals surface area (Å²) in [6.45, 7) is -3.72. The van der Waals surface area contributed by atoms with Gasteiger partial charge in [0.05, 0.1) is 5.69 Å². The Hall–Kier alpha value is -2.77. The summed E-state index contributed by atoms with van der Waals surface area (Å²) in [6, 6.07) is 3.61. The average molecular weight is 465 g/mol. The third kappa shape index (κ3) is 6.93. The zero-order valence-corrected chi connectivity index (χ0v) is 15.3. The van der Waals surface area contributed by atoms with Crippen LogP contribution in [-0.4, -0.2) is 34.0 Å². The molecule has 0 saturated carbocycles. The van der Waals surface area contributed by atoms with Gasteiger partial charge in [0.2, 0.25) is 0 Å². The molecule has 0 amide bonds. The lowest BCUT2D eigenvalue weighted by atomic mass is 10.3. The second-order valence-electron chi connectivity index (χ2n) is 5.65. The molecular formula is C16H11F8NO4S. The number of sulfonamides is 1. The zero-order chi connectivity index (χ0) is 22.7. The van der Waals surface area contributed by atoms with Crippen molar-refractivity contribution in [2.24, 2.45) is 0 Å². The molecule has 2 rings (SSSR count). The summed E-state index contributed by atoms with van der Waals surface area (Å²) in [6.07, 6.45) is -9.64. The summed E-state index contributed by atoms with van der Waals surface area (Å²) in [7, 11) is -4.89. The van der Waals surface area contributed by atoms with Gasteiger partial charge in [-0.1, -0.05) is 0 Å². The molecular weight excluding hydrogens is 454 g/mol. The Morgan fingerprint density at radius 1 is 0.833 bits per heavy atom. The van der Waals surface area contributed by atoms with E-state index in [0.717, 1.165) is 6.07 Å². The smallest absolute Gasteiger partial charge is 0.422 e. The van der Waals surface area contributed by atoms with Gasteiger partial charge in [0, 0.05) is 12.1 Å². The molecule has 0 saturated heterocycles. The van der Waals surface area contributed by atoms with Crippen LogP contribution in [0.15, 0.2) is 41.3 Å². The third-order valence-corrected chi connectivity index (χ3v) is 4.56. The summed E-state index contributed by atoms with van der Waals surface area (Å²) in [5, 5.41) is 0. The zero-order valence-electron chi connectivity index (χ0n) is 14.4. The number of nitrogens with one attached hydrogen (secondary N) is 1. The molecule has 0 fully saturated rings. The maximum atomic E-state index is 13.7. The molecule has 14 heteroatoms. The lowest BCUT2D eigenvalue weighted by Gasteiger charge is -2.16. The van der Waals surface area contributed by atoms with Gasteiger partial charge >= 0.3 is 12.4 Å². The van der Waals surface area contributed by atoms with Crippen LogP contribution in [0.1, 0.15) is 0 Å². The van der Waals surface area contributed by atoms with E-state index >= 15 is 0 Å². The van der Waals surface area contributed by atoms with Crippen molar-refractivity contribution in [3.05, 3.63) is 48.0 Å². The molecule has 0 atom stereocenters. The molecule has 0 spiro atoms. The first-order valence-corrected chi connectivity index (χ1v) is 9.16. The standard InChI is InChI=1S/C16H11F8NO4S/c17-9-1-3-12(11(18)5-9)25-30(26,27)14-6-10(28-7-15(19,20)21)2-4-13(14)29-8-16(22,23)24/h1-6,25H,7-8H2. The van der Waals surface area contributed by atoms with Gasteiger partial charge in [0.1, 0.15) is 28.0 Å². The quantitative estimate of drug-likeness (QED) is 0.605. The Morgan fingerprint density at radius 2 is 1.43 bits per heavy atom. The van der Waals surface area contributed by atoms with Crippen LogP contribution in [0.5, 0.6) is 11.5 Å². The molecule has 0 radical (unpaired) electrons. The van der Waals surface area contributed by atoms with Crippen LogP contribution in [0.25, 0.3) is 0 Å². The second kappa shape index (κ2) is 8.53. The van der Waals surface area contributed by atoms with Crippen molar-refractivity contribution < 1.29 is 53.0 Å². The number of anilines is 1. The normalized spacial score (nSPS) is 12.5. The maximum Gasteiger partial charge on any atom is 0.422 e. The monoisotopic (exact) mass is 465 g/mol. The van der Waals surface area contributed by atoms with Crippen molar-refractivity contribution in [3.8, 4) is 11.5 Å². The van der Waals surface area contributed by atoms with Crippen molar-refractivity contribution in [1.29, 1.82) is 0 Å². The number of rotatable bonds is 7. The van der Waals surface area contributed by atoms with Crippen molar-refractivity contribution in [2.75, 3.05) is 17.9 Å². The molecule has 30 heavy (non-hydrogen) atoms. The van der Waals surface area contributed by atoms with Crippen molar-refractivity contribution in [3.63, 3.8) is 0 Å². The first-order valence-electron chi connectivity index (χ1n) is 7.67. The number of ether oxygens (including phenoxy) is 2. The molecule has 0 bridgehead atoms. The first kappa shape index (κ1) is 23.5. The Balaban J connectivity index is 2.42. The van der Waals surface area contributed by atoms with E-state index < -0.39 is 69.3 Å². The topological polar surface area (TPSA) is 64.6 Å². The first-order chi connectivity index (χ1) is 13.7. The number of halogens is 8. The minimum atomic E-state index is -4.89. The molecule has 1 N–H and O–H groups in total. The molecule has 0 aliphatic heterocycles. The second-order valence-corrected chi connectivity index (χ2v) is 7.30. The minimum absolute atomic E-state index is 0.335. The SMILES string of the molecule is O=S(=O)(Nc1ccc(F)cc1F)c1cc(OCC(F)(F)F)ccc1OCC(F)(F)F. The molecule has 0 unspecified atom stereocenters. The van der Waals surface area contributed by atoms with Gasteiger partial charge in [-0.05, 0) is 24.3 Å². The van der Waals surface area contributed by atoms with Crippen LogP contribution in [0.2, 0.25) is 0 Å². The fourth-order valence-electron chi connectivity index (χ4n) is 2.00. The number of benzene rings is 2. The molecule has 5 nitrogen and oxygen atoms in total. The van der Waals surface area contributed by atoms with E-state index in [4.69, 9.17) is 0 Å². The highest BCUT2D eigenvalue weighted by Gasteiger charge is 2.32. The van der Waals surface area contributed by atoms with Crippen molar-refractivity contribution in [2.45, 2.75) is 17.2 Å². The van der Waals surface area contributed by atoms with Gasteiger partial charge in [-0.25, -0.2) is 17.2 Å². The molecule has 2 aromatic rings. The summed E-state index contributed by atoms with van der Waals surface area (Å²) >= 11 is 0. The van der Waals surface area contributed by atoms with Gasteiger partial charge in [0.15, 0.2) is 13.2 Å². The predicted molar refractivity (Wildman–Crippen MR) is 86.7 cm³/mol. The van der Waals surface area contributed by atoms with E-state index in [9.17, 15) is 43.5 Å². The molecule has 0 aliphatic carbocycles. The molecule has 0 aromatic heterocycles. The van der Waals surface area contributed by atoms with E-state index in [-0.39, 0.29) is 0 Å². The third-order valence-electron chi connectivity index (χ3n) is 3.17. The maximum absolute atomic E-state index is 13.7. The van der Waals surface area contributed by atoms with Crippen LogP contribution in [0, 0.1) is 11.6 Å². The molecule has 166 valence electrons. The highest BCUT2D eigenvalue weighted by Crippen LogP contribution is 2.32. The Labute approximate surface area is 164 Å². The summed E-state index contributed by atoms with van der Waals surface area (Å²) < 4.78 is 136. The van der Waals surface area contributed by atoms with Crippen molar-refractivity contribution in [1.82, 2.24) is 0 Å². The van der Waals surface area contributed by atoms with Crippen LogP contribution in [-0.2, 0) is 10.0 Å². The Bertz CT molecular complexity index is 1010.